The minimum atomic E-state index is 0.0317. The average molecular weight is 281 g/mol. The van der Waals surface area contributed by atoms with Gasteiger partial charge in [-0.25, -0.2) is 0 Å². The molecule has 0 aromatic heterocycles. The molecule has 0 radical (unpaired) electrons. The molecule has 114 valence electrons. The van der Waals surface area contributed by atoms with Crippen LogP contribution < -0.4 is 10.6 Å². The molecule has 1 saturated carbocycles. The maximum atomic E-state index is 12.1. The van der Waals surface area contributed by atoms with Gasteiger partial charge in [-0.2, -0.15) is 0 Å². The number of piperidine rings is 1. The molecule has 0 spiro atoms. The number of nitrogens with one attached hydrogen (secondary N) is 2. The number of carbonyl (C=O) groups is 2. The van der Waals surface area contributed by atoms with E-state index in [0.717, 1.165) is 32.5 Å². The summed E-state index contributed by atoms with van der Waals surface area (Å²) in [6, 6.07) is 0.552. The van der Waals surface area contributed by atoms with Crippen molar-refractivity contribution in [2.75, 3.05) is 26.2 Å². The van der Waals surface area contributed by atoms with E-state index < -0.39 is 0 Å². The van der Waals surface area contributed by atoms with E-state index in [1.165, 1.54) is 25.7 Å². The lowest BCUT2D eigenvalue weighted by molar-refractivity contribution is -0.132. The Balaban J connectivity index is 1.62. The zero-order valence-electron chi connectivity index (χ0n) is 12.5. The van der Waals surface area contributed by atoms with E-state index in [4.69, 9.17) is 0 Å². The Hall–Kier alpha value is -1.10. The summed E-state index contributed by atoms with van der Waals surface area (Å²) < 4.78 is 0. The largest absolute Gasteiger partial charge is 0.356 e. The summed E-state index contributed by atoms with van der Waals surface area (Å²) in [5.74, 6) is 0.782. The molecule has 0 bridgehead atoms. The molecule has 1 heterocycles. The molecule has 0 aromatic carbocycles. The number of amides is 2. The van der Waals surface area contributed by atoms with Gasteiger partial charge in [0.25, 0.3) is 0 Å². The second kappa shape index (κ2) is 7.62. The van der Waals surface area contributed by atoms with Crippen LogP contribution >= 0.6 is 0 Å². The molecule has 1 aliphatic carbocycles. The van der Waals surface area contributed by atoms with Crippen LogP contribution in [0.5, 0.6) is 0 Å². The summed E-state index contributed by atoms with van der Waals surface area (Å²) >= 11 is 0. The van der Waals surface area contributed by atoms with Crippen LogP contribution in [-0.2, 0) is 9.59 Å². The van der Waals surface area contributed by atoms with Crippen molar-refractivity contribution in [1.82, 2.24) is 15.5 Å². The van der Waals surface area contributed by atoms with E-state index in [-0.39, 0.29) is 11.8 Å². The third-order valence-electron chi connectivity index (χ3n) is 4.50. The Bertz CT molecular complexity index is 332. The van der Waals surface area contributed by atoms with Gasteiger partial charge in [0.2, 0.25) is 11.8 Å². The molecule has 2 rings (SSSR count). The summed E-state index contributed by atoms with van der Waals surface area (Å²) in [6.07, 6.45) is 7.00. The minimum Gasteiger partial charge on any atom is -0.356 e. The Morgan fingerprint density at radius 1 is 1.10 bits per heavy atom. The van der Waals surface area contributed by atoms with E-state index in [0.29, 0.717) is 18.5 Å². The number of hydrogen-bond acceptors (Lipinski definition) is 3. The Labute approximate surface area is 121 Å². The van der Waals surface area contributed by atoms with Crippen molar-refractivity contribution in [2.24, 2.45) is 5.92 Å². The topological polar surface area (TPSA) is 61.4 Å². The quantitative estimate of drug-likeness (QED) is 0.787. The molecule has 0 atom stereocenters. The van der Waals surface area contributed by atoms with E-state index in [2.05, 4.69) is 10.6 Å². The standard InChI is InChI=1S/C15H27N3O2/c1-12(19)16-10-13-6-8-18(9-7-13)15(20)11-17-14-4-2-3-5-14/h13-14,17H,2-11H2,1H3,(H,16,19). The lowest BCUT2D eigenvalue weighted by atomic mass is 9.96. The van der Waals surface area contributed by atoms with Crippen LogP contribution in [0.4, 0.5) is 0 Å². The SMILES string of the molecule is CC(=O)NCC1CCN(C(=O)CNC2CCCC2)CC1. The Kier molecular flexibility index (Phi) is 5.83. The number of nitrogens with zero attached hydrogens (tertiary/aromatic N) is 1. The van der Waals surface area contributed by atoms with Crippen molar-refractivity contribution < 1.29 is 9.59 Å². The summed E-state index contributed by atoms with van der Waals surface area (Å²) in [5.41, 5.74) is 0. The highest BCUT2D eigenvalue weighted by molar-refractivity contribution is 5.78. The van der Waals surface area contributed by atoms with Gasteiger partial charge in [0.1, 0.15) is 0 Å². The Morgan fingerprint density at radius 2 is 1.75 bits per heavy atom. The zero-order chi connectivity index (χ0) is 14.4. The fourth-order valence-electron chi connectivity index (χ4n) is 3.15. The van der Waals surface area contributed by atoms with Crippen LogP contribution in [0, 0.1) is 5.92 Å². The first kappa shape index (κ1) is 15.3. The molecule has 5 heteroatoms. The second-order valence-electron chi connectivity index (χ2n) is 6.12. The van der Waals surface area contributed by atoms with Gasteiger partial charge < -0.3 is 15.5 Å². The van der Waals surface area contributed by atoms with E-state index in [1.807, 2.05) is 4.90 Å². The van der Waals surface area contributed by atoms with Gasteiger partial charge >= 0.3 is 0 Å². The molecular weight excluding hydrogens is 254 g/mol. The van der Waals surface area contributed by atoms with Gasteiger partial charge in [0.15, 0.2) is 0 Å². The fraction of sp³-hybridized carbons (Fsp3) is 0.867. The molecule has 0 unspecified atom stereocenters. The molecule has 5 nitrogen and oxygen atoms in total. The molecule has 0 aromatic rings. The van der Waals surface area contributed by atoms with Crippen molar-refractivity contribution in [1.29, 1.82) is 0 Å². The number of carbonyl (C=O) groups excluding carboxylic acids is 2. The summed E-state index contributed by atoms with van der Waals surface area (Å²) in [6.45, 7) is 4.44. The monoisotopic (exact) mass is 281 g/mol. The normalized spacial score (nSPS) is 21.1. The van der Waals surface area contributed by atoms with E-state index >= 15 is 0 Å². The van der Waals surface area contributed by atoms with Crippen molar-refractivity contribution in [3.05, 3.63) is 0 Å². The zero-order valence-corrected chi connectivity index (χ0v) is 12.5. The number of likely N-dealkylation sites (tertiary alicyclic amines) is 1. The van der Waals surface area contributed by atoms with Crippen molar-refractivity contribution in [2.45, 2.75) is 51.5 Å². The highest BCUT2D eigenvalue weighted by Gasteiger charge is 2.23. The van der Waals surface area contributed by atoms with Crippen molar-refractivity contribution in [3.63, 3.8) is 0 Å². The Morgan fingerprint density at radius 3 is 2.35 bits per heavy atom. The molecule has 1 saturated heterocycles. The van der Waals surface area contributed by atoms with Gasteiger partial charge in [0, 0.05) is 32.6 Å². The molecule has 2 fully saturated rings. The first-order valence-electron chi connectivity index (χ1n) is 7.90. The van der Waals surface area contributed by atoms with Crippen LogP contribution in [0.25, 0.3) is 0 Å². The van der Waals surface area contributed by atoms with Gasteiger partial charge in [-0.15, -0.1) is 0 Å². The van der Waals surface area contributed by atoms with Gasteiger partial charge in [-0.3, -0.25) is 9.59 Å². The van der Waals surface area contributed by atoms with Gasteiger partial charge in [-0.1, -0.05) is 12.8 Å². The third-order valence-corrected chi connectivity index (χ3v) is 4.50. The maximum Gasteiger partial charge on any atom is 0.236 e. The lowest BCUT2D eigenvalue weighted by Gasteiger charge is -2.32. The first-order valence-corrected chi connectivity index (χ1v) is 7.90. The van der Waals surface area contributed by atoms with Crippen LogP contribution in [0.15, 0.2) is 0 Å². The lowest BCUT2D eigenvalue weighted by Crippen LogP contribution is -2.45. The highest BCUT2D eigenvalue weighted by atomic mass is 16.2. The average Bonchev–Trinajstić information content (AvgIpc) is 2.96. The molecule has 2 amide bonds. The number of hydrogen-bond donors (Lipinski definition) is 2. The van der Waals surface area contributed by atoms with Crippen LogP contribution in [0.1, 0.15) is 45.4 Å². The summed E-state index contributed by atoms with van der Waals surface area (Å²) in [7, 11) is 0. The molecular formula is C15H27N3O2. The van der Waals surface area contributed by atoms with Crippen LogP contribution in [0.2, 0.25) is 0 Å². The summed E-state index contributed by atoms with van der Waals surface area (Å²) in [5, 5.41) is 6.25. The predicted molar refractivity (Wildman–Crippen MR) is 78.2 cm³/mol. The minimum absolute atomic E-state index is 0.0317. The number of rotatable bonds is 5. The molecule has 20 heavy (non-hydrogen) atoms. The molecule has 1 aliphatic heterocycles. The van der Waals surface area contributed by atoms with Gasteiger partial charge in [0.05, 0.1) is 6.54 Å². The third kappa shape index (κ3) is 4.78. The van der Waals surface area contributed by atoms with Gasteiger partial charge in [-0.05, 0) is 31.6 Å². The second-order valence-corrected chi connectivity index (χ2v) is 6.12. The van der Waals surface area contributed by atoms with Crippen LogP contribution in [-0.4, -0.2) is 48.9 Å². The summed E-state index contributed by atoms with van der Waals surface area (Å²) in [4.78, 5) is 25.0. The maximum absolute atomic E-state index is 12.1. The van der Waals surface area contributed by atoms with Crippen LogP contribution in [0.3, 0.4) is 0 Å². The van der Waals surface area contributed by atoms with E-state index in [9.17, 15) is 9.59 Å². The smallest absolute Gasteiger partial charge is 0.236 e. The van der Waals surface area contributed by atoms with Crippen molar-refractivity contribution >= 4 is 11.8 Å². The molecule has 2 N–H and O–H groups in total. The highest BCUT2D eigenvalue weighted by Crippen LogP contribution is 2.18. The fourth-order valence-corrected chi connectivity index (χ4v) is 3.15. The van der Waals surface area contributed by atoms with Crippen molar-refractivity contribution in [3.8, 4) is 0 Å². The first-order chi connectivity index (χ1) is 9.65. The van der Waals surface area contributed by atoms with E-state index in [1.54, 1.807) is 6.92 Å². The predicted octanol–water partition coefficient (Wildman–Crippen LogP) is 0.893. The molecule has 2 aliphatic rings.